The lowest BCUT2D eigenvalue weighted by Crippen LogP contribution is -2.37. The van der Waals surface area contributed by atoms with Gasteiger partial charge in [-0.3, -0.25) is 4.79 Å². The Balaban J connectivity index is 1.89. The lowest BCUT2D eigenvalue weighted by atomic mass is 9.77. The van der Waals surface area contributed by atoms with Crippen LogP contribution in [-0.2, 0) is 4.79 Å². The first-order valence-electron chi connectivity index (χ1n) is 6.62. The summed E-state index contributed by atoms with van der Waals surface area (Å²) in [6, 6.07) is 0.275. The molecule has 92 valence electrons. The van der Waals surface area contributed by atoms with Crippen molar-refractivity contribution < 1.29 is 4.79 Å². The van der Waals surface area contributed by atoms with Gasteiger partial charge in [0, 0.05) is 12.0 Å². The van der Waals surface area contributed by atoms with Gasteiger partial charge in [-0.05, 0) is 64.5 Å². The largest absolute Gasteiger partial charge is 0.354 e. The predicted molar refractivity (Wildman–Crippen MR) is 65.2 cm³/mol. The number of carbonyl (C=O) groups is 1. The minimum atomic E-state index is 0.275. The molecule has 2 aliphatic rings. The summed E-state index contributed by atoms with van der Waals surface area (Å²) in [5.41, 5.74) is 0.490. The van der Waals surface area contributed by atoms with Crippen molar-refractivity contribution in [1.82, 2.24) is 10.6 Å². The van der Waals surface area contributed by atoms with Crippen LogP contribution >= 0.6 is 0 Å². The van der Waals surface area contributed by atoms with E-state index in [4.69, 9.17) is 0 Å². The molecule has 1 saturated carbocycles. The molecule has 2 fully saturated rings. The van der Waals surface area contributed by atoms with Crippen LogP contribution in [0.4, 0.5) is 0 Å². The summed E-state index contributed by atoms with van der Waals surface area (Å²) in [7, 11) is 0. The minimum Gasteiger partial charge on any atom is -0.354 e. The van der Waals surface area contributed by atoms with E-state index in [9.17, 15) is 4.79 Å². The van der Waals surface area contributed by atoms with Crippen LogP contribution in [0.2, 0.25) is 0 Å². The van der Waals surface area contributed by atoms with Gasteiger partial charge in [0.2, 0.25) is 5.91 Å². The number of hydrogen-bond acceptors (Lipinski definition) is 2. The number of piperidine rings is 1. The van der Waals surface area contributed by atoms with Crippen LogP contribution in [0.15, 0.2) is 0 Å². The van der Waals surface area contributed by atoms with Crippen LogP contribution < -0.4 is 10.6 Å². The molecule has 1 spiro atoms. The van der Waals surface area contributed by atoms with E-state index < -0.39 is 0 Å². The molecule has 1 saturated heterocycles. The van der Waals surface area contributed by atoms with Gasteiger partial charge >= 0.3 is 0 Å². The molecule has 1 aliphatic heterocycles. The Bertz CT molecular complexity index is 257. The summed E-state index contributed by atoms with van der Waals surface area (Å²) < 4.78 is 0. The molecule has 0 aromatic rings. The van der Waals surface area contributed by atoms with Gasteiger partial charge in [0.05, 0.1) is 0 Å². The van der Waals surface area contributed by atoms with Gasteiger partial charge in [0.15, 0.2) is 0 Å². The number of hydrogen-bond donors (Lipinski definition) is 2. The molecule has 1 atom stereocenters. The molecular weight excluding hydrogens is 200 g/mol. The highest BCUT2D eigenvalue weighted by atomic mass is 16.1. The fourth-order valence-corrected chi connectivity index (χ4v) is 3.24. The summed E-state index contributed by atoms with van der Waals surface area (Å²) in [6.45, 7) is 6.34. The average molecular weight is 224 g/mol. The van der Waals surface area contributed by atoms with Crippen molar-refractivity contribution in [3.8, 4) is 0 Å². The molecule has 2 N–H and O–H groups in total. The van der Waals surface area contributed by atoms with Crippen molar-refractivity contribution in [3.63, 3.8) is 0 Å². The van der Waals surface area contributed by atoms with Crippen molar-refractivity contribution in [2.24, 2.45) is 11.3 Å². The second-order valence-electron chi connectivity index (χ2n) is 5.85. The maximum Gasteiger partial charge on any atom is 0.223 e. The van der Waals surface area contributed by atoms with E-state index in [1.807, 2.05) is 13.8 Å². The smallest absolute Gasteiger partial charge is 0.223 e. The van der Waals surface area contributed by atoms with E-state index in [2.05, 4.69) is 10.6 Å². The third kappa shape index (κ3) is 2.57. The third-order valence-electron chi connectivity index (χ3n) is 4.17. The summed E-state index contributed by atoms with van der Waals surface area (Å²) in [5.74, 6) is 0.561. The number of carbonyl (C=O) groups excluding carboxylic acids is 1. The van der Waals surface area contributed by atoms with Crippen molar-refractivity contribution in [2.75, 3.05) is 13.1 Å². The van der Waals surface area contributed by atoms with Gasteiger partial charge in [-0.15, -0.1) is 0 Å². The van der Waals surface area contributed by atoms with E-state index in [0.29, 0.717) is 5.41 Å². The Labute approximate surface area is 98.4 Å². The van der Waals surface area contributed by atoms with Crippen molar-refractivity contribution in [3.05, 3.63) is 0 Å². The van der Waals surface area contributed by atoms with Gasteiger partial charge in [-0.25, -0.2) is 0 Å². The summed E-state index contributed by atoms with van der Waals surface area (Å²) >= 11 is 0. The number of rotatable bonds is 2. The molecule has 16 heavy (non-hydrogen) atoms. The van der Waals surface area contributed by atoms with Gasteiger partial charge < -0.3 is 10.6 Å². The van der Waals surface area contributed by atoms with E-state index in [1.165, 1.54) is 19.3 Å². The van der Waals surface area contributed by atoms with E-state index in [-0.39, 0.29) is 17.9 Å². The van der Waals surface area contributed by atoms with Crippen LogP contribution in [0.1, 0.15) is 46.0 Å². The first kappa shape index (κ1) is 11.9. The highest BCUT2D eigenvalue weighted by Crippen LogP contribution is 2.47. The van der Waals surface area contributed by atoms with Gasteiger partial charge in [-0.2, -0.15) is 0 Å². The maximum atomic E-state index is 12.0. The monoisotopic (exact) mass is 224 g/mol. The lowest BCUT2D eigenvalue weighted by Gasteiger charge is -2.34. The van der Waals surface area contributed by atoms with E-state index >= 15 is 0 Å². The minimum absolute atomic E-state index is 0.275. The molecular formula is C13H24N2O. The Morgan fingerprint density at radius 2 is 2.00 bits per heavy atom. The van der Waals surface area contributed by atoms with Crippen molar-refractivity contribution in [2.45, 2.75) is 52.0 Å². The fraction of sp³-hybridized carbons (Fsp3) is 0.923. The molecule has 3 nitrogen and oxygen atoms in total. The van der Waals surface area contributed by atoms with E-state index in [1.54, 1.807) is 0 Å². The van der Waals surface area contributed by atoms with Crippen molar-refractivity contribution >= 4 is 5.91 Å². The second kappa shape index (κ2) is 4.74. The molecule has 1 aliphatic carbocycles. The van der Waals surface area contributed by atoms with Gasteiger partial charge in [0.25, 0.3) is 0 Å². The first-order valence-corrected chi connectivity index (χ1v) is 6.62. The molecule has 1 amide bonds. The normalized spacial score (nSPS) is 28.6. The summed E-state index contributed by atoms with van der Waals surface area (Å²) in [5, 5.41) is 6.46. The molecule has 0 radical (unpaired) electrons. The highest BCUT2D eigenvalue weighted by Gasteiger charge is 2.42. The van der Waals surface area contributed by atoms with Gasteiger partial charge in [0.1, 0.15) is 0 Å². The average Bonchev–Trinajstić information content (AvgIpc) is 2.62. The van der Waals surface area contributed by atoms with Gasteiger partial charge in [-0.1, -0.05) is 0 Å². The maximum absolute atomic E-state index is 12.0. The SMILES string of the molecule is CC(C)NC(=O)[C@@H]1CCC2(CCNCC2)C1. The van der Waals surface area contributed by atoms with Crippen LogP contribution in [0.3, 0.4) is 0 Å². The summed E-state index contributed by atoms with van der Waals surface area (Å²) in [4.78, 5) is 12.0. The Morgan fingerprint density at radius 1 is 1.31 bits per heavy atom. The molecule has 0 unspecified atom stereocenters. The predicted octanol–water partition coefficient (Wildman–Crippen LogP) is 1.68. The van der Waals surface area contributed by atoms with Crippen LogP contribution in [-0.4, -0.2) is 25.0 Å². The molecule has 2 rings (SSSR count). The Hall–Kier alpha value is -0.570. The third-order valence-corrected chi connectivity index (χ3v) is 4.17. The lowest BCUT2D eigenvalue weighted by molar-refractivity contribution is -0.125. The molecule has 0 aromatic carbocycles. The fourth-order valence-electron chi connectivity index (χ4n) is 3.24. The Morgan fingerprint density at radius 3 is 2.62 bits per heavy atom. The first-order chi connectivity index (χ1) is 7.61. The molecule has 3 heteroatoms. The quantitative estimate of drug-likeness (QED) is 0.749. The molecule has 1 heterocycles. The zero-order valence-electron chi connectivity index (χ0n) is 10.5. The second-order valence-corrected chi connectivity index (χ2v) is 5.85. The zero-order valence-corrected chi connectivity index (χ0v) is 10.5. The van der Waals surface area contributed by atoms with Crippen LogP contribution in [0.25, 0.3) is 0 Å². The Kier molecular flexibility index (Phi) is 3.53. The van der Waals surface area contributed by atoms with Crippen molar-refractivity contribution in [1.29, 1.82) is 0 Å². The highest BCUT2D eigenvalue weighted by molar-refractivity contribution is 5.79. The zero-order chi connectivity index (χ0) is 11.6. The molecule has 0 bridgehead atoms. The standard InChI is InChI=1S/C13H24N2O/c1-10(2)15-12(16)11-3-4-13(9-11)5-7-14-8-6-13/h10-11,14H,3-9H2,1-2H3,(H,15,16)/t11-/m1/s1. The molecule has 0 aromatic heterocycles. The van der Waals surface area contributed by atoms with E-state index in [0.717, 1.165) is 25.9 Å². The number of nitrogens with one attached hydrogen (secondary N) is 2. The topological polar surface area (TPSA) is 41.1 Å². The summed E-state index contributed by atoms with van der Waals surface area (Å²) in [6.07, 6.45) is 5.99. The van der Waals surface area contributed by atoms with Crippen LogP contribution in [0.5, 0.6) is 0 Å². The number of amides is 1. The van der Waals surface area contributed by atoms with Crippen LogP contribution in [0, 0.1) is 11.3 Å².